The highest BCUT2D eigenvalue weighted by Gasteiger charge is 2.23. The number of hydrogen-bond acceptors (Lipinski definition) is 3. The second-order valence-corrected chi connectivity index (χ2v) is 6.87. The van der Waals surface area contributed by atoms with Crippen molar-refractivity contribution in [2.24, 2.45) is 0 Å². The molecule has 108 valence electrons. The van der Waals surface area contributed by atoms with Gasteiger partial charge in [0.05, 0.1) is 18.1 Å². The molecule has 3 nitrogen and oxygen atoms in total. The summed E-state index contributed by atoms with van der Waals surface area (Å²) in [7, 11) is 1.69. The lowest BCUT2D eigenvalue weighted by molar-refractivity contribution is 0.364. The van der Waals surface area contributed by atoms with Gasteiger partial charge >= 0.3 is 0 Å². The predicted octanol–water partition coefficient (Wildman–Crippen LogP) is 4.55. The summed E-state index contributed by atoms with van der Waals surface area (Å²) in [6.45, 7) is 0. The molecule has 1 aliphatic carbocycles. The average molecular weight is 308 g/mol. The molecule has 20 heavy (non-hydrogen) atoms. The van der Waals surface area contributed by atoms with Gasteiger partial charge in [-0.3, -0.25) is 0 Å². The van der Waals surface area contributed by atoms with Crippen LogP contribution in [0.1, 0.15) is 31.7 Å². The van der Waals surface area contributed by atoms with Crippen LogP contribution >= 0.6 is 24.0 Å². The third kappa shape index (κ3) is 2.49. The summed E-state index contributed by atoms with van der Waals surface area (Å²) < 4.78 is 8.42. The minimum Gasteiger partial charge on any atom is -0.497 e. The van der Waals surface area contributed by atoms with E-state index in [0.717, 1.165) is 21.3 Å². The van der Waals surface area contributed by atoms with E-state index in [1.54, 1.807) is 7.11 Å². The first-order valence-corrected chi connectivity index (χ1v) is 8.73. The lowest BCUT2D eigenvalue weighted by atomic mass is 9.94. The van der Waals surface area contributed by atoms with Gasteiger partial charge < -0.3 is 14.3 Å². The fourth-order valence-electron chi connectivity index (χ4n) is 3.14. The number of fused-ring (bicyclic) bond motifs is 1. The largest absolute Gasteiger partial charge is 0.497 e. The van der Waals surface area contributed by atoms with E-state index >= 15 is 0 Å². The third-order valence-electron chi connectivity index (χ3n) is 4.27. The van der Waals surface area contributed by atoms with Crippen LogP contribution in [0.25, 0.3) is 11.0 Å². The average Bonchev–Trinajstić information content (AvgIpc) is 2.82. The highest BCUT2D eigenvalue weighted by atomic mass is 32.2. The lowest BCUT2D eigenvalue weighted by Gasteiger charge is -2.28. The van der Waals surface area contributed by atoms with E-state index in [0.29, 0.717) is 6.04 Å². The highest BCUT2D eigenvalue weighted by molar-refractivity contribution is 7.99. The number of benzene rings is 1. The van der Waals surface area contributed by atoms with Crippen molar-refractivity contribution < 1.29 is 4.74 Å². The van der Waals surface area contributed by atoms with E-state index < -0.39 is 0 Å². The minimum atomic E-state index is 0.535. The number of ether oxygens (including phenoxy) is 1. The smallest absolute Gasteiger partial charge is 0.178 e. The molecule has 0 saturated heterocycles. The Balaban J connectivity index is 1.95. The Morgan fingerprint density at radius 2 is 2.05 bits per heavy atom. The summed E-state index contributed by atoms with van der Waals surface area (Å²) in [5.74, 6) is 0.868. The first-order chi connectivity index (χ1) is 9.72. The number of hydrogen-bond donors (Lipinski definition) is 1. The zero-order chi connectivity index (χ0) is 14.1. The van der Waals surface area contributed by atoms with Crippen LogP contribution in [0.3, 0.4) is 0 Å². The molecule has 0 spiro atoms. The Morgan fingerprint density at radius 1 is 1.30 bits per heavy atom. The molecule has 3 rings (SSSR count). The van der Waals surface area contributed by atoms with Gasteiger partial charge in [0.1, 0.15) is 5.75 Å². The molecule has 1 saturated carbocycles. The zero-order valence-corrected chi connectivity index (χ0v) is 13.5. The molecule has 0 atom stereocenters. The van der Waals surface area contributed by atoms with Gasteiger partial charge in [0.25, 0.3) is 0 Å². The number of imidazole rings is 1. The van der Waals surface area contributed by atoms with E-state index in [-0.39, 0.29) is 0 Å². The molecule has 2 aromatic rings. The molecule has 1 aromatic heterocycles. The number of nitrogens with zero attached hydrogens (tertiary/aromatic N) is 1. The molecular formula is C15H20N2OS2. The van der Waals surface area contributed by atoms with Gasteiger partial charge in [0.2, 0.25) is 0 Å². The normalized spacial score (nSPS) is 23.1. The number of methoxy groups -OCH3 is 1. The number of nitrogens with one attached hydrogen (secondary N) is 1. The second kappa shape index (κ2) is 5.82. The SMILES string of the molecule is COc1ccc2c(c1)[nH]c(=S)n2C1CCC(SC)CC1. The summed E-state index contributed by atoms with van der Waals surface area (Å²) in [6, 6.07) is 6.68. The quantitative estimate of drug-likeness (QED) is 0.843. The minimum absolute atomic E-state index is 0.535. The molecule has 1 fully saturated rings. The number of H-pyrrole nitrogens is 1. The molecule has 0 bridgehead atoms. The Labute approximate surface area is 128 Å². The van der Waals surface area contributed by atoms with Crippen molar-refractivity contribution >= 4 is 35.0 Å². The van der Waals surface area contributed by atoms with Crippen molar-refractivity contribution in [3.63, 3.8) is 0 Å². The second-order valence-electron chi connectivity index (χ2n) is 5.35. The molecule has 1 aliphatic rings. The summed E-state index contributed by atoms with van der Waals surface area (Å²) in [5.41, 5.74) is 2.27. The predicted molar refractivity (Wildman–Crippen MR) is 88.5 cm³/mol. The topological polar surface area (TPSA) is 29.9 Å². The number of aromatic amines is 1. The molecule has 0 unspecified atom stereocenters. The van der Waals surface area contributed by atoms with E-state index in [9.17, 15) is 0 Å². The molecule has 5 heteroatoms. The van der Waals surface area contributed by atoms with Gasteiger partial charge in [0, 0.05) is 17.4 Å². The molecule has 1 N–H and O–H groups in total. The zero-order valence-electron chi connectivity index (χ0n) is 11.9. The Kier molecular flexibility index (Phi) is 4.08. The molecule has 1 aromatic carbocycles. The maximum atomic E-state index is 5.53. The Hall–Kier alpha value is -0.940. The number of thioether (sulfide) groups is 1. The van der Waals surface area contributed by atoms with Crippen LogP contribution in [0, 0.1) is 4.77 Å². The third-order valence-corrected chi connectivity index (χ3v) is 5.70. The maximum Gasteiger partial charge on any atom is 0.178 e. The molecule has 0 aliphatic heterocycles. The van der Waals surface area contributed by atoms with Crippen molar-refractivity contribution in [2.45, 2.75) is 37.0 Å². The van der Waals surface area contributed by atoms with Gasteiger partial charge in [-0.05, 0) is 56.3 Å². The van der Waals surface area contributed by atoms with E-state index in [4.69, 9.17) is 17.0 Å². The van der Waals surface area contributed by atoms with Gasteiger partial charge in [-0.25, -0.2) is 0 Å². The van der Waals surface area contributed by atoms with Crippen LogP contribution in [0.2, 0.25) is 0 Å². The summed E-state index contributed by atoms with van der Waals surface area (Å²) in [5, 5.41) is 0.825. The fourth-order valence-corrected chi connectivity index (χ4v) is 4.24. The van der Waals surface area contributed by atoms with Crippen LogP contribution in [0.4, 0.5) is 0 Å². The summed E-state index contributed by atoms with van der Waals surface area (Å²) >= 11 is 7.53. The standard InChI is InChI=1S/C15H20N2OS2/c1-18-11-5-8-14-13(9-11)16-15(19)17(14)10-3-6-12(20-2)7-4-10/h5,8-10,12H,3-4,6-7H2,1-2H3,(H,16,19). The molecule has 1 heterocycles. The first kappa shape index (κ1) is 14.0. The van der Waals surface area contributed by atoms with E-state index in [2.05, 4.69) is 21.9 Å². The first-order valence-electron chi connectivity index (χ1n) is 7.04. The molecular weight excluding hydrogens is 288 g/mol. The fraction of sp³-hybridized carbons (Fsp3) is 0.533. The number of aromatic nitrogens is 2. The Morgan fingerprint density at radius 3 is 2.70 bits per heavy atom. The van der Waals surface area contributed by atoms with E-state index in [1.807, 2.05) is 23.9 Å². The summed E-state index contributed by atoms with van der Waals surface area (Å²) in [6.07, 6.45) is 7.24. The number of rotatable bonds is 3. The highest BCUT2D eigenvalue weighted by Crippen LogP contribution is 2.36. The monoisotopic (exact) mass is 308 g/mol. The van der Waals surface area contributed by atoms with Gasteiger partial charge in [-0.1, -0.05) is 0 Å². The van der Waals surface area contributed by atoms with Gasteiger partial charge in [-0.2, -0.15) is 11.8 Å². The lowest BCUT2D eigenvalue weighted by Crippen LogP contribution is -2.19. The van der Waals surface area contributed by atoms with Crippen molar-refractivity contribution in [1.29, 1.82) is 0 Å². The maximum absolute atomic E-state index is 5.53. The van der Waals surface area contributed by atoms with Crippen molar-refractivity contribution in [1.82, 2.24) is 9.55 Å². The van der Waals surface area contributed by atoms with E-state index in [1.165, 1.54) is 31.2 Å². The molecule has 0 radical (unpaired) electrons. The van der Waals surface area contributed by atoms with Crippen LogP contribution in [-0.4, -0.2) is 28.2 Å². The van der Waals surface area contributed by atoms with Crippen LogP contribution in [-0.2, 0) is 0 Å². The van der Waals surface area contributed by atoms with Crippen LogP contribution < -0.4 is 4.74 Å². The van der Waals surface area contributed by atoms with Crippen molar-refractivity contribution in [3.05, 3.63) is 23.0 Å². The molecule has 0 amide bonds. The summed E-state index contributed by atoms with van der Waals surface area (Å²) in [4.78, 5) is 3.32. The Bertz CT molecular complexity index is 653. The van der Waals surface area contributed by atoms with Crippen LogP contribution in [0.5, 0.6) is 5.75 Å². The van der Waals surface area contributed by atoms with Gasteiger partial charge in [0.15, 0.2) is 4.77 Å². The van der Waals surface area contributed by atoms with Gasteiger partial charge in [-0.15, -0.1) is 0 Å². The van der Waals surface area contributed by atoms with Crippen LogP contribution in [0.15, 0.2) is 18.2 Å². The van der Waals surface area contributed by atoms with Crippen molar-refractivity contribution in [2.75, 3.05) is 13.4 Å². The van der Waals surface area contributed by atoms with Crippen molar-refractivity contribution in [3.8, 4) is 5.75 Å².